The van der Waals surface area contributed by atoms with E-state index in [9.17, 15) is 10.2 Å². The van der Waals surface area contributed by atoms with Gasteiger partial charge in [0.05, 0.1) is 17.9 Å². The molecule has 6 heteroatoms. The molecule has 21 heavy (non-hydrogen) atoms. The van der Waals surface area contributed by atoms with Gasteiger partial charge in [0, 0.05) is 5.41 Å². The summed E-state index contributed by atoms with van der Waals surface area (Å²) < 4.78 is 2.70. The van der Waals surface area contributed by atoms with Crippen LogP contribution in [0.5, 0.6) is 11.5 Å². The molecule has 0 amide bonds. The van der Waals surface area contributed by atoms with Crippen LogP contribution in [0.2, 0.25) is 0 Å². The summed E-state index contributed by atoms with van der Waals surface area (Å²) in [7, 11) is 0. The summed E-state index contributed by atoms with van der Waals surface area (Å²) in [5, 5.41) is 19.7. The number of benzene rings is 2. The summed E-state index contributed by atoms with van der Waals surface area (Å²) >= 11 is 13.6. The van der Waals surface area contributed by atoms with Crippen molar-refractivity contribution in [1.82, 2.24) is 0 Å². The Kier molecular flexibility index (Phi) is 4.19. The molecule has 0 atom stereocenters. The van der Waals surface area contributed by atoms with Crippen LogP contribution in [0, 0.1) is 0 Å². The SMILES string of the molecule is Oc1c(Br)cc(C2(c3cc(Br)c(O)c(Br)c3)CC2)cc1Br. The van der Waals surface area contributed by atoms with Crippen molar-refractivity contribution in [2.45, 2.75) is 18.3 Å². The molecule has 0 saturated heterocycles. The third-order valence-corrected chi connectivity index (χ3v) is 6.31. The average molecular weight is 542 g/mol. The maximum Gasteiger partial charge on any atom is 0.143 e. The molecule has 0 radical (unpaired) electrons. The highest BCUT2D eigenvalue weighted by Crippen LogP contribution is 2.56. The van der Waals surface area contributed by atoms with Gasteiger partial charge in [-0.25, -0.2) is 0 Å². The Balaban J connectivity index is 2.14. The largest absolute Gasteiger partial charge is 0.506 e. The average Bonchev–Trinajstić information content (AvgIpc) is 3.22. The number of halogens is 4. The van der Waals surface area contributed by atoms with Crippen LogP contribution in [0.4, 0.5) is 0 Å². The number of phenols is 2. The second kappa shape index (κ2) is 5.55. The van der Waals surface area contributed by atoms with E-state index in [4.69, 9.17) is 0 Å². The molecule has 0 bridgehead atoms. The molecule has 2 aromatic rings. The van der Waals surface area contributed by atoms with Crippen LogP contribution in [0.3, 0.4) is 0 Å². The molecule has 110 valence electrons. The number of hydrogen-bond donors (Lipinski definition) is 2. The summed E-state index contributed by atoms with van der Waals surface area (Å²) in [6.07, 6.45) is 2.08. The fraction of sp³-hybridized carbons (Fsp3) is 0.200. The van der Waals surface area contributed by atoms with Crippen molar-refractivity contribution in [2.75, 3.05) is 0 Å². The van der Waals surface area contributed by atoms with E-state index in [0.29, 0.717) is 17.9 Å². The Morgan fingerprint density at radius 2 is 0.952 bits per heavy atom. The van der Waals surface area contributed by atoms with Gasteiger partial charge < -0.3 is 10.2 Å². The van der Waals surface area contributed by atoms with Crippen molar-refractivity contribution in [3.05, 3.63) is 53.3 Å². The van der Waals surface area contributed by atoms with Gasteiger partial charge in [0.15, 0.2) is 0 Å². The minimum Gasteiger partial charge on any atom is -0.506 e. The minimum absolute atomic E-state index is 0.0581. The van der Waals surface area contributed by atoms with Gasteiger partial charge in [0.1, 0.15) is 11.5 Å². The molecule has 1 fully saturated rings. The lowest BCUT2D eigenvalue weighted by atomic mass is 9.88. The molecule has 1 saturated carbocycles. The van der Waals surface area contributed by atoms with Gasteiger partial charge in [0.2, 0.25) is 0 Å². The van der Waals surface area contributed by atoms with Gasteiger partial charge in [-0.2, -0.15) is 0 Å². The Bertz CT molecular complexity index is 633. The van der Waals surface area contributed by atoms with Crippen molar-refractivity contribution in [3.8, 4) is 11.5 Å². The number of hydrogen-bond acceptors (Lipinski definition) is 2. The first-order valence-corrected chi connectivity index (χ1v) is 9.39. The first-order valence-electron chi connectivity index (χ1n) is 6.22. The van der Waals surface area contributed by atoms with Gasteiger partial charge in [-0.1, -0.05) is 0 Å². The van der Waals surface area contributed by atoms with Gasteiger partial charge in [0.25, 0.3) is 0 Å². The summed E-state index contributed by atoms with van der Waals surface area (Å²) in [5.41, 5.74) is 2.23. The lowest BCUT2D eigenvalue weighted by Crippen LogP contribution is -2.09. The molecular formula is C15H10Br4O2. The van der Waals surface area contributed by atoms with E-state index in [0.717, 1.165) is 24.0 Å². The highest BCUT2D eigenvalue weighted by molar-refractivity contribution is 9.11. The first-order chi connectivity index (χ1) is 9.85. The van der Waals surface area contributed by atoms with Gasteiger partial charge >= 0.3 is 0 Å². The lowest BCUT2D eigenvalue weighted by molar-refractivity contribution is 0.468. The zero-order valence-corrected chi connectivity index (χ0v) is 17.0. The zero-order valence-electron chi connectivity index (χ0n) is 10.6. The predicted molar refractivity (Wildman–Crippen MR) is 97.0 cm³/mol. The summed E-state index contributed by atoms with van der Waals surface area (Å²) in [6, 6.07) is 7.84. The highest BCUT2D eigenvalue weighted by atomic mass is 79.9. The predicted octanol–water partition coefficient (Wildman–Crippen LogP) is 6.23. The molecule has 0 heterocycles. The van der Waals surface area contributed by atoms with Gasteiger partial charge in [-0.05, 0) is 112 Å². The molecule has 2 nitrogen and oxygen atoms in total. The number of rotatable bonds is 2. The zero-order chi connectivity index (χ0) is 15.4. The van der Waals surface area contributed by atoms with E-state index >= 15 is 0 Å². The van der Waals surface area contributed by atoms with Gasteiger partial charge in [-0.15, -0.1) is 0 Å². The van der Waals surface area contributed by atoms with Crippen LogP contribution >= 0.6 is 63.7 Å². The smallest absolute Gasteiger partial charge is 0.143 e. The quantitative estimate of drug-likeness (QED) is 0.473. The van der Waals surface area contributed by atoms with E-state index in [1.807, 2.05) is 24.3 Å². The van der Waals surface area contributed by atoms with Crippen molar-refractivity contribution < 1.29 is 10.2 Å². The van der Waals surface area contributed by atoms with Crippen molar-refractivity contribution in [1.29, 1.82) is 0 Å². The second-order valence-electron chi connectivity index (χ2n) is 5.16. The maximum atomic E-state index is 9.87. The van der Waals surface area contributed by atoms with Crippen LogP contribution in [-0.2, 0) is 5.41 Å². The Labute approximate surface area is 156 Å². The number of phenolic OH excluding ortho intramolecular Hbond substituents is 2. The van der Waals surface area contributed by atoms with Crippen molar-refractivity contribution >= 4 is 63.7 Å². The monoisotopic (exact) mass is 538 g/mol. The van der Waals surface area contributed by atoms with Crippen LogP contribution in [0.15, 0.2) is 42.2 Å². The van der Waals surface area contributed by atoms with Crippen LogP contribution in [-0.4, -0.2) is 10.2 Å². The van der Waals surface area contributed by atoms with E-state index in [2.05, 4.69) is 63.7 Å². The maximum absolute atomic E-state index is 9.87. The third-order valence-electron chi connectivity index (χ3n) is 3.89. The fourth-order valence-corrected chi connectivity index (χ4v) is 4.93. The third kappa shape index (κ3) is 2.69. The number of aromatic hydroxyl groups is 2. The van der Waals surface area contributed by atoms with Crippen LogP contribution in [0.25, 0.3) is 0 Å². The molecule has 2 aromatic carbocycles. The summed E-state index contributed by atoms with van der Waals surface area (Å²) in [6.45, 7) is 0. The molecule has 0 spiro atoms. The first kappa shape index (κ1) is 15.8. The van der Waals surface area contributed by atoms with Crippen molar-refractivity contribution in [2.24, 2.45) is 0 Å². The fourth-order valence-electron chi connectivity index (χ4n) is 2.55. The molecular weight excluding hydrogens is 532 g/mol. The molecule has 0 aliphatic heterocycles. The molecule has 1 aliphatic carbocycles. The second-order valence-corrected chi connectivity index (χ2v) is 8.58. The summed E-state index contributed by atoms with van der Waals surface area (Å²) in [5.74, 6) is 0.422. The molecule has 1 aliphatic rings. The molecule has 2 N–H and O–H groups in total. The minimum atomic E-state index is -0.0581. The van der Waals surface area contributed by atoms with E-state index < -0.39 is 0 Å². The highest BCUT2D eigenvalue weighted by Gasteiger charge is 2.46. The molecule has 3 rings (SSSR count). The standard InChI is InChI=1S/C15H10Br4O2/c16-9-3-7(4-10(17)13(9)20)15(1-2-15)8-5-11(18)14(21)12(19)6-8/h3-6,20-21H,1-2H2. The van der Waals surface area contributed by atoms with E-state index in [1.54, 1.807) is 0 Å². The van der Waals surface area contributed by atoms with Gasteiger partial charge in [-0.3, -0.25) is 0 Å². The van der Waals surface area contributed by atoms with E-state index in [1.165, 1.54) is 0 Å². The Morgan fingerprint density at radius 1 is 0.667 bits per heavy atom. The van der Waals surface area contributed by atoms with Crippen molar-refractivity contribution in [3.63, 3.8) is 0 Å². The Hall–Kier alpha value is -0.0400. The van der Waals surface area contributed by atoms with Crippen LogP contribution < -0.4 is 0 Å². The molecule has 0 aromatic heterocycles. The lowest BCUT2D eigenvalue weighted by Gasteiger charge is -2.19. The normalized spacial score (nSPS) is 16.0. The van der Waals surface area contributed by atoms with E-state index in [-0.39, 0.29) is 16.9 Å². The van der Waals surface area contributed by atoms with Crippen LogP contribution in [0.1, 0.15) is 24.0 Å². The summed E-state index contributed by atoms with van der Waals surface area (Å²) in [4.78, 5) is 0. The topological polar surface area (TPSA) is 40.5 Å². The molecule has 0 unspecified atom stereocenters. The Morgan fingerprint density at radius 3 is 1.19 bits per heavy atom.